The van der Waals surface area contributed by atoms with Gasteiger partial charge >= 0.3 is 0 Å². The van der Waals surface area contributed by atoms with Gasteiger partial charge in [-0.05, 0) is 44.4 Å². The van der Waals surface area contributed by atoms with Crippen LogP contribution in [0.15, 0.2) is 0 Å². The first-order valence-electron chi connectivity index (χ1n) is 8.10. The Morgan fingerprint density at radius 1 is 1.19 bits per heavy atom. The van der Waals surface area contributed by atoms with E-state index in [1.807, 2.05) is 0 Å². The molecule has 0 radical (unpaired) electrons. The molecule has 0 atom stereocenters. The Kier molecular flexibility index (Phi) is 3.78. The Morgan fingerprint density at radius 3 is 2.62 bits per heavy atom. The van der Waals surface area contributed by atoms with E-state index >= 15 is 0 Å². The molecule has 1 aliphatic heterocycles. The monoisotopic (exact) mass is 289 g/mol. The molecular weight excluding hydrogens is 262 g/mol. The number of aromatic nitrogens is 2. The first kappa shape index (κ1) is 14.6. The maximum absolute atomic E-state index is 5.65. The Labute approximate surface area is 127 Å². The lowest BCUT2D eigenvalue weighted by Crippen LogP contribution is -2.28. The average molecular weight is 289 g/mol. The molecule has 0 amide bonds. The van der Waals surface area contributed by atoms with Crippen molar-refractivity contribution in [1.82, 2.24) is 9.97 Å². The summed E-state index contributed by atoms with van der Waals surface area (Å²) < 4.78 is 0. The van der Waals surface area contributed by atoms with Crippen LogP contribution < -0.4 is 16.2 Å². The predicted molar refractivity (Wildman–Crippen MR) is 86.4 cm³/mol. The first-order valence-corrected chi connectivity index (χ1v) is 8.10. The number of nitrogens with zero attached hydrogens (tertiary/aromatic N) is 3. The molecular formula is C16H27N5. The highest BCUT2D eigenvalue weighted by Crippen LogP contribution is 2.40. The zero-order valence-electron chi connectivity index (χ0n) is 13.4. The van der Waals surface area contributed by atoms with Gasteiger partial charge in [-0.1, -0.05) is 13.8 Å². The van der Waals surface area contributed by atoms with E-state index in [0.29, 0.717) is 11.3 Å². The molecule has 0 unspecified atom stereocenters. The van der Waals surface area contributed by atoms with Crippen molar-refractivity contribution in [3.8, 4) is 0 Å². The second-order valence-corrected chi connectivity index (χ2v) is 7.30. The summed E-state index contributed by atoms with van der Waals surface area (Å²) in [5.74, 6) is 9.02. The van der Waals surface area contributed by atoms with Crippen molar-refractivity contribution in [2.45, 2.75) is 58.8 Å². The van der Waals surface area contributed by atoms with Crippen LogP contribution in [0.25, 0.3) is 0 Å². The van der Waals surface area contributed by atoms with Crippen LogP contribution >= 0.6 is 0 Å². The lowest BCUT2D eigenvalue weighted by atomic mass is 9.85. The minimum absolute atomic E-state index is 0.434. The maximum Gasteiger partial charge on any atom is 0.148 e. The number of nitrogen functional groups attached to an aromatic ring is 1. The molecule has 5 heteroatoms. The molecule has 0 aromatic carbocycles. The molecule has 1 aromatic heterocycles. The van der Waals surface area contributed by atoms with Crippen LogP contribution in [0.1, 0.15) is 63.3 Å². The number of rotatable bonds is 3. The van der Waals surface area contributed by atoms with Gasteiger partial charge in [0.2, 0.25) is 0 Å². The van der Waals surface area contributed by atoms with Gasteiger partial charge < -0.3 is 10.3 Å². The van der Waals surface area contributed by atoms with Crippen molar-refractivity contribution in [3.63, 3.8) is 0 Å². The van der Waals surface area contributed by atoms with E-state index < -0.39 is 0 Å². The summed E-state index contributed by atoms with van der Waals surface area (Å²) in [5, 5.41) is 0. The van der Waals surface area contributed by atoms with E-state index in [4.69, 9.17) is 10.8 Å². The Balaban J connectivity index is 1.91. The van der Waals surface area contributed by atoms with Crippen LogP contribution in [0, 0.1) is 12.3 Å². The molecule has 5 nitrogen and oxygen atoms in total. The van der Waals surface area contributed by atoms with E-state index in [2.05, 4.69) is 36.1 Å². The molecule has 1 saturated carbocycles. The summed E-state index contributed by atoms with van der Waals surface area (Å²) in [5.41, 5.74) is 4.26. The molecule has 2 aliphatic rings. The number of anilines is 2. The normalized spacial score (nSPS) is 22.0. The fourth-order valence-electron chi connectivity index (χ4n) is 3.13. The topological polar surface area (TPSA) is 67.1 Å². The molecule has 0 spiro atoms. The average Bonchev–Trinajstić information content (AvgIpc) is 3.27. The Hall–Kier alpha value is -1.36. The summed E-state index contributed by atoms with van der Waals surface area (Å²) in [7, 11) is 0. The highest BCUT2D eigenvalue weighted by Gasteiger charge is 2.30. The third kappa shape index (κ3) is 3.12. The molecule has 3 rings (SSSR count). The number of hydrogen-bond donors (Lipinski definition) is 2. The second-order valence-electron chi connectivity index (χ2n) is 7.30. The summed E-state index contributed by atoms with van der Waals surface area (Å²) in [6.45, 7) is 8.95. The van der Waals surface area contributed by atoms with Crippen molar-refractivity contribution in [1.29, 1.82) is 0 Å². The molecule has 1 saturated heterocycles. The van der Waals surface area contributed by atoms with Crippen LogP contribution in [0.5, 0.6) is 0 Å². The van der Waals surface area contributed by atoms with Crippen molar-refractivity contribution in [3.05, 3.63) is 11.4 Å². The van der Waals surface area contributed by atoms with Crippen LogP contribution in [0.4, 0.5) is 11.6 Å². The number of hydrazine groups is 1. The van der Waals surface area contributed by atoms with E-state index in [-0.39, 0.29) is 0 Å². The Bertz CT molecular complexity index is 522. The van der Waals surface area contributed by atoms with Gasteiger partial charge in [0.05, 0.1) is 0 Å². The molecule has 2 heterocycles. The lowest BCUT2D eigenvalue weighted by Gasteiger charge is -2.26. The summed E-state index contributed by atoms with van der Waals surface area (Å²) in [6, 6.07) is 0. The standard InChI is InChI=1S/C16H27N5/c1-11-13(20-17)18-14(12-5-6-12)19-15(11)21-9-4-7-16(2,3)8-10-21/h12H,4-10,17H2,1-3H3,(H,18,19,20). The summed E-state index contributed by atoms with van der Waals surface area (Å²) in [6.07, 6.45) is 6.13. The second kappa shape index (κ2) is 5.44. The van der Waals surface area contributed by atoms with Gasteiger partial charge in [-0.15, -0.1) is 0 Å². The van der Waals surface area contributed by atoms with Crippen LogP contribution in [-0.4, -0.2) is 23.1 Å². The zero-order valence-corrected chi connectivity index (χ0v) is 13.4. The zero-order chi connectivity index (χ0) is 15.0. The van der Waals surface area contributed by atoms with Crippen molar-refractivity contribution in [2.75, 3.05) is 23.4 Å². The fraction of sp³-hybridized carbons (Fsp3) is 0.750. The van der Waals surface area contributed by atoms with Gasteiger partial charge in [-0.2, -0.15) is 0 Å². The molecule has 1 aromatic rings. The summed E-state index contributed by atoms with van der Waals surface area (Å²) in [4.78, 5) is 11.9. The van der Waals surface area contributed by atoms with Crippen LogP contribution in [-0.2, 0) is 0 Å². The summed E-state index contributed by atoms with van der Waals surface area (Å²) >= 11 is 0. The van der Waals surface area contributed by atoms with E-state index in [1.54, 1.807) is 0 Å². The van der Waals surface area contributed by atoms with Gasteiger partial charge in [0, 0.05) is 24.6 Å². The minimum Gasteiger partial charge on any atom is -0.356 e. The van der Waals surface area contributed by atoms with E-state index in [9.17, 15) is 0 Å². The number of nitrogens with one attached hydrogen (secondary N) is 1. The number of nitrogens with two attached hydrogens (primary N) is 1. The smallest absolute Gasteiger partial charge is 0.148 e. The van der Waals surface area contributed by atoms with Gasteiger partial charge in [0.25, 0.3) is 0 Å². The van der Waals surface area contributed by atoms with Crippen molar-refractivity contribution >= 4 is 11.6 Å². The fourth-order valence-corrected chi connectivity index (χ4v) is 3.13. The molecule has 21 heavy (non-hydrogen) atoms. The predicted octanol–water partition coefficient (Wildman–Crippen LogP) is 2.96. The van der Waals surface area contributed by atoms with Gasteiger partial charge in [0.15, 0.2) is 0 Å². The molecule has 0 bridgehead atoms. The maximum atomic E-state index is 5.65. The van der Waals surface area contributed by atoms with Crippen LogP contribution in [0.2, 0.25) is 0 Å². The third-order valence-corrected chi connectivity index (χ3v) is 4.86. The van der Waals surface area contributed by atoms with Crippen molar-refractivity contribution < 1.29 is 0 Å². The van der Waals surface area contributed by atoms with Crippen molar-refractivity contribution in [2.24, 2.45) is 11.3 Å². The van der Waals surface area contributed by atoms with Gasteiger partial charge in [0.1, 0.15) is 17.5 Å². The largest absolute Gasteiger partial charge is 0.356 e. The molecule has 1 aliphatic carbocycles. The first-order chi connectivity index (χ1) is 10.00. The van der Waals surface area contributed by atoms with E-state index in [1.165, 1.54) is 32.1 Å². The number of hydrogen-bond acceptors (Lipinski definition) is 5. The third-order valence-electron chi connectivity index (χ3n) is 4.86. The van der Waals surface area contributed by atoms with Gasteiger partial charge in [-0.3, -0.25) is 0 Å². The lowest BCUT2D eigenvalue weighted by molar-refractivity contribution is 0.325. The minimum atomic E-state index is 0.434. The molecule has 116 valence electrons. The van der Waals surface area contributed by atoms with Crippen LogP contribution in [0.3, 0.4) is 0 Å². The SMILES string of the molecule is Cc1c(NN)nc(C2CC2)nc1N1CCCC(C)(C)CC1. The molecule has 2 fully saturated rings. The highest BCUT2D eigenvalue weighted by atomic mass is 15.3. The van der Waals surface area contributed by atoms with E-state index in [0.717, 1.165) is 36.1 Å². The highest BCUT2D eigenvalue weighted by molar-refractivity contribution is 5.58. The molecule has 3 N–H and O–H groups in total. The Morgan fingerprint density at radius 2 is 1.95 bits per heavy atom. The quantitative estimate of drug-likeness (QED) is 0.661. The van der Waals surface area contributed by atoms with Gasteiger partial charge in [-0.25, -0.2) is 15.8 Å².